The van der Waals surface area contributed by atoms with Gasteiger partial charge in [0, 0.05) is 17.8 Å². The van der Waals surface area contributed by atoms with Gasteiger partial charge in [-0.1, -0.05) is 32.4 Å². The summed E-state index contributed by atoms with van der Waals surface area (Å²) >= 11 is 0. The molecule has 0 fully saturated rings. The van der Waals surface area contributed by atoms with Gasteiger partial charge in [0.25, 0.3) is 0 Å². The fourth-order valence-electron chi connectivity index (χ4n) is 3.08. The number of hydrogen-bond acceptors (Lipinski definition) is 5. The van der Waals surface area contributed by atoms with Crippen LogP contribution in [-0.2, 0) is 6.54 Å². The van der Waals surface area contributed by atoms with E-state index in [1.54, 1.807) is 26.1 Å². The Morgan fingerprint density at radius 3 is 2.13 bits per heavy atom. The van der Waals surface area contributed by atoms with Gasteiger partial charge in [0.05, 0.1) is 13.7 Å². The molecule has 30 heavy (non-hydrogen) atoms. The highest BCUT2D eigenvalue weighted by Gasteiger charge is 2.27. The first-order valence-electron chi connectivity index (χ1n) is 9.72. The summed E-state index contributed by atoms with van der Waals surface area (Å²) in [5, 5.41) is 24.1. The van der Waals surface area contributed by atoms with E-state index < -0.39 is 19.0 Å². The summed E-state index contributed by atoms with van der Waals surface area (Å²) in [6, 6.07) is 7.71. The second-order valence-corrected chi connectivity index (χ2v) is 6.79. The van der Waals surface area contributed by atoms with Gasteiger partial charge < -0.3 is 20.3 Å². The van der Waals surface area contributed by atoms with E-state index >= 15 is 0 Å². The zero-order valence-electron chi connectivity index (χ0n) is 18.0. The first-order valence-corrected chi connectivity index (χ1v) is 9.72. The molecule has 0 aliphatic carbocycles. The Labute approximate surface area is 175 Å². The van der Waals surface area contributed by atoms with Gasteiger partial charge in [-0.2, -0.15) is 13.2 Å². The highest BCUT2D eigenvalue weighted by atomic mass is 19.4. The molecule has 0 spiro atoms. The second kappa shape index (κ2) is 11.8. The molecule has 0 heterocycles. The average Bonchev–Trinajstić information content (AvgIpc) is 2.68. The van der Waals surface area contributed by atoms with Crippen molar-refractivity contribution in [3.05, 3.63) is 47.0 Å². The molecular weight excluding hydrogens is 397 g/mol. The van der Waals surface area contributed by atoms with Gasteiger partial charge in [0.1, 0.15) is 11.9 Å². The van der Waals surface area contributed by atoms with Gasteiger partial charge in [-0.05, 0) is 54.4 Å². The lowest BCUT2D eigenvalue weighted by Gasteiger charge is -2.22. The molecular formula is C22H31F3N2O3. The molecule has 0 aliphatic rings. The van der Waals surface area contributed by atoms with E-state index in [1.165, 1.54) is 31.0 Å². The maximum absolute atomic E-state index is 12.4. The van der Waals surface area contributed by atoms with Gasteiger partial charge in [0.15, 0.2) is 0 Å². The summed E-state index contributed by atoms with van der Waals surface area (Å²) in [7, 11) is 3.22. The number of halogens is 3. The molecule has 168 valence electrons. The Kier molecular flexibility index (Phi) is 10.1. The zero-order chi connectivity index (χ0) is 22.9. The normalized spacial score (nSPS) is 12.1. The molecule has 0 aliphatic heterocycles. The van der Waals surface area contributed by atoms with Crippen LogP contribution in [0.1, 0.15) is 43.1 Å². The third-order valence-electron chi connectivity index (χ3n) is 4.21. The van der Waals surface area contributed by atoms with Gasteiger partial charge in [-0.25, -0.2) is 0 Å². The number of rotatable bonds is 7. The lowest BCUT2D eigenvalue weighted by atomic mass is 9.90. The number of ether oxygens (including phenoxy) is 1. The Morgan fingerprint density at radius 2 is 1.70 bits per heavy atom. The first-order chi connectivity index (χ1) is 14.1. The molecule has 4 N–H and O–H groups in total. The van der Waals surface area contributed by atoms with Gasteiger partial charge in [0.2, 0.25) is 0 Å². The highest BCUT2D eigenvalue weighted by Crippen LogP contribution is 2.39. The summed E-state index contributed by atoms with van der Waals surface area (Å²) in [6.07, 6.45) is -4.35. The summed E-state index contributed by atoms with van der Waals surface area (Å²) in [4.78, 5) is 0. The summed E-state index contributed by atoms with van der Waals surface area (Å²) in [5.74, 6) is 0.441. The molecule has 0 bridgehead atoms. The van der Waals surface area contributed by atoms with Crippen molar-refractivity contribution < 1.29 is 28.1 Å². The van der Waals surface area contributed by atoms with Crippen molar-refractivity contribution in [2.24, 2.45) is 0 Å². The van der Waals surface area contributed by atoms with Crippen LogP contribution in [0.2, 0.25) is 0 Å². The van der Waals surface area contributed by atoms with Crippen LogP contribution >= 0.6 is 0 Å². The van der Waals surface area contributed by atoms with Crippen LogP contribution in [0.3, 0.4) is 0 Å². The lowest BCUT2D eigenvalue weighted by molar-refractivity contribution is -0.0999. The first kappa shape index (κ1) is 25.7. The van der Waals surface area contributed by atoms with Gasteiger partial charge in [-0.15, -0.1) is 0 Å². The monoisotopic (exact) mass is 428 g/mol. The SMILES string of the molecule is CCC.CNCc1cc(-c2ccc(NC(F)(F)F)cc2)c(C)c(OC)c1C(O)CO. The molecule has 0 saturated heterocycles. The second-order valence-electron chi connectivity index (χ2n) is 6.79. The van der Waals surface area contributed by atoms with Crippen molar-refractivity contribution >= 4 is 5.69 Å². The predicted molar refractivity (Wildman–Crippen MR) is 114 cm³/mol. The number of aliphatic hydroxyl groups excluding tert-OH is 2. The van der Waals surface area contributed by atoms with E-state index in [4.69, 9.17) is 4.74 Å². The zero-order valence-corrected chi connectivity index (χ0v) is 18.0. The Morgan fingerprint density at radius 1 is 1.13 bits per heavy atom. The van der Waals surface area contributed by atoms with Gasteiger partial charge >= 0.3 is 6.30 Å². The molecule has 0 radical (unpaired) electrons. The quantitative estimate of drug-likeness (QED) is 0.479. The molecule has 8 heteroatoms. The third-order valence-corrected chi connectivity index (χ3v) is 4.21. The number of anilines is 1. The van der Waals surface area contributed by atoms with E-state index in [0.29, 0.717) is 23.4 Å². The van der Waals surface area contributed by atoms with E-state index in [-0.39, 0.29) is 5.69 Å². The molecule has 2 aromatic carbocycles. The predicted octanol–water partition coefficient (Wildman–Crippen LogP) is 4.76. The molecule has 2 aromatic rings. The number of aliphatic hydroxyl groups is 2. The number of nitrogens with one attached hydrogen (secondary N) is 2. The Balaban J connectivity index is 0.00000141. The smallest absolute Gasteiger partial charge is 0.482 e. The Hall–Kier alpha value is -2.29. The van der Waals surface area contributed by atoms with E-state index in [0.717, 1.165) is 16.7 Å². The van der Waals surface area contributed by atoms with E-state index in [2.05, 4.69) is 19.2 Å². The summed E-state index contributed by atoms with van der Waals surface area (Å²) < 4.78 is 42.8. The molecule has 1 unspecified atom stereocenters. The minimum absolute atomic E-state index is 0.0568. The van der Waals surface area contributed by atoms with Crippen molar-refractivity contribution in [1.82, 2.24) is 5.32 Å². The topological polar surface area (TPSA) is 73.8 Å². The average molecular weight is 428 g/mol. The summed E-state index contributed by atoms with van der Waals surface area (Å²) in [5.41, 5.74) is 3.36. The minimum atomic E-state index is -4.50. The third kappa shape index (κ3) is 6.90. The number of benzene rings is 2. The van der Waals surface area contributed by atoms with Crippen molar-refractivity contribution in [3.63, 3.8) is 0 Å². The molecule has 2 rings (SSSR count). The van der Waals surface area contributed by atoms with Gasteiger partial charge in [-0.3, -0.25) is 5.32 Å². The van der Waals surface area contributed by atoms with Crippen molar-refractivity contribution in [2.75, 3.05) is 26.1 Å². The van der Waals surface area contributed by atoms with Crippen molar-refractivity contribution in [3.8, 4) is 16.9 Å². The van der Waals surface area contributed by atoms with Crippen LogP contribution in [0.15, 0.2) is 30.3 Å². The minimum Gasteiger partial charge on any atom is -0.496 e. The van der Waals surface area contributed by atoms with Crippen LogP contribution in [0.4, 0.5) is 18.9 Å². The standard InChI is InChI=1S/C19H23F3N2O3.C3H8/c1-11-15(12-4-6-14(7-5-12)24-19(20,21)22)8-13(9-23-2)17(16(26)10-25)18(11)27-3;1-3-2/h4-8,16,23-26H,9-10H2,1-3H3;3H2,1-2H3. The Bertz CT molecular complexity index is 794. The molecule has 5 nitrogen and oxygen atoms in total. The fraction of sp³-hybridized carbons (Fsp3) is 0.455. The number of alkyl halides is 3. The van der Waals surface area contributed by atoms with Crippen LogP contribution in [0, 0.1) is 6.92 Å². The highest BCUT2D eigenvalue weighted by molar-refractivity contribution is 5.74. The fourth-order valence-corrected chi connectivity index (χ4v) is 3.08. The summed E-state index contributed by atoms with van der Waals surface area (Å²) in [6.45, 7) is 6.01. The lowest BCUT2D eigenvalue weighted by Crippen LogP contribution is -2.20. The molecule has 0 aromatic heterocycles. The van der Waals surface area contributed by atoms with Crippen LogP contribution in [0.5, 0.6) is 5.75 Å². The van der Waals surface area contributed by atoms with Crippen molar-refractivity contribution in [1.29, 1.82) is 0 Å². The number of hydrogen-bond donors (Lipinski definition) is 4. The maximum Gasteiger partial charge on any atom is 0.482 e. The molecule has 1 atom stereocenters. The largest absolute Gasteiger partial charge is 0.496 e. The van der Waals surface area contributed by atoms with E-state index in [1.807, 2.05) is 6.07 Å². The van der Waals surface area contributed by atoms with Crippen LogP contribution in [0.25, 0.3) is 11.1 Å². The van der Waals surface area contributed by atoms with Crippen molar-refractivity contribution in [2.45, 2.75) is 46.1 Å². The number of methoxy groups -OCH3 is 1. The molecule has 0 saturated carbocycles. The maximum atomic E-state index is 12.4. The van der Waals surface area contributed by atoms with Crippen LogP contribution in [-0.4, -0.2) is 37.3 Å². The molecule has 0 amide bonds. The van der Waals surface area contributed by atoms with Crippen LogP contribution < -0.4 is 15.4 Å². The van der Waals surface area contributed by atoms with E-state index in [9.17, 15) is 23.4 Å².